The van der Waals surface area contributed by atoms with Crippen molar-refractivity contribution in [3.8, 4) is 0 Å². The fourth-order valence-corrected chi connectivity index (χ4v) is 3.07. The molecule has 1 aliphatic carbocycles. The number of nitrogens with one attached hydrogen (secondary N) is 1. The number of carbonyl (C=O) groups is 2. The molecule has 0 saturated carbocycles. The van der Waals surface area contributed by atoms with Crippen LogP contribution >= 0.6 is 0 Å². The molecule has 0 radical (unpaired) electrons. The SMILES string of the molecule is Cc1nc(N)nc2c1C(=O)CC(c1ccccc1NC=O)C2. The third-order valence-electron chi connectivity index (χ3n) is 3.95. The lowest BCUT2D eigenvalue weighted by molar-refractivity contribution is -0.105. The van der Waals surface area contributed by atoms with Crippen LogP contribution < -0.4 is 11.1 Å². The first kappa shape index (κ1) is 14.2. The zero-order chi connectivity index (χ0) is 15.7. The molecule has 3 rings (SSSR count). The summed E-state index contributed by atoms with van der Waals surface area (Å²) in [5.41, 5.74) is 9.26. The first-order valence-electron chi connectivity index (χ1n) is 7.05. The standard InChI is InChI=1S/C16H16N4O2/c1-9-15-13(20-16(17)19-9)6-10(7-14(15)22)11-4-2-3-5-12(11)18-8-21/h2-5,8,10H,6-7H2,1H3,(H,18,21)(H2,17,19,20). The minimum absolute atomic E-state index is 0.0182. The predicted molar refractivity (Wildman–Crippen MR) is 82.7 cm³/mol. The van der Waals surface area contributed by atoms with Gasteiger partial charge in [-0.1, -0.05) is 18.2 Å². The van der Waals surface area contributed by atoms with Crippen LogP contribution in [0.5, 0.6) is 0 Å². The van der Waals surface area contributed by atoms with Crippen LogP contribution in [-0.4, -0.2) is 22.2 Å². The second kappa shape index (κ2) is 5.55. The highest BCUT2D eigenvalue weighted by Gasteiger charge is 2.30. The maximum Gasteiger partial charge on any atom is 0.220 e. The quantitative estimate of drug-likeness (QED) is 0.842. The van der Waals surface area contributed by atoms with Crippen LogP contribution in [-0.2, 0) is 11.2 Å². The third-order valence-corrected chi connectivity index (χ3v) is 3.95. The van der Waals surface area contributed by atoms with E-state index in [9.17, 15) is 9.59 Å². The Morgan fingerprint density at radius 2 is 2.05 bits per heavy atom. The second-order valence-corrected chi connectivity index (χ2v) is 5.37. The Bertz CT molecular complexity index is 758. The molecule has 0 bridgehead atoms. The average Bonchev–Trinajstić information content (AvgIpc) is 2.46. The van der Waals surface area contributed by atoms with Crippen LogP contribution in [0.2, 0.25) is 0 Å². The predicted octanol–water partition coefficient (Wildman–Crippen LogP) is 1.85. The van der Waals surface area contributed by atoms with Crippen molar-refractivity contribution in [2.45, 2.75) is 25.7 Å². The number of hydrogen-bond donors (Lipinski definition) is 2. The lowest BCUT2D eigenvalue weighted by Gasteiger charge is -2.25. The maximum atomic E-state index is 12.5. The average molecular weight is 296 g/mol. The molecule has 0 aliphatic heterocycles. The first-order chi connectivity index (χ1) is 10.6. The molecule has 22 heavy (non-hydrogen) atoms. The fourth-order valence-electron chi connectivity index (χ4n) is 3.07. The summed E-state index contributed by atoms with van der Waals surface area (Å²) in [4.78, 5) is 31.5. The molecule has 6 nitrogen and oxygen atoms in total. The van der Waals surface area contributed by atoms with E-state index in [0.29, 0.717) is 36.2 Å². The number of aromatic nitrogens is 2. The molecule has 0 saturated heterocycles. The van der Waals surface area contributed by atoms with Crippen molar-refractivity contribution in [3.05, 3.63) is 46.8 Å². The lowest BCUT2D eigenvalue weighted by Crippen LogP contribution is -2.23. The zero-order valence-corrected chi connectivity index (χ0v) is 12.2. The van der Waals surface area contributed by atoms with E-state index in [2.05, 4.69) is 15.3 Å². The number of nitrogens with zero attached hydrogens (tertiary/aromatic N) is 2. The molecule has 6 heteroatoms. The number of anilines is 2. The molecule has 1 heterocycles. The molecule has 1 atom stereocenters. The first-order valence-corrected chi connectivity index (χ1v) is 7.05. The number of hydrogen-bond acceptors (Lipinski definition) is 5. The summed E-state index contributed by atoms with van der Waals surface area (Å²) in [7, 11) is 0. The highest BCUT2D eigenvalue weighted by molar-refractivity contribution is 6.00. The van der Waals surface area contributed by atoms with Gasteiger partial charge in [-0.05, 0) is 30.9 Å². The number of ketones is 1. The Hall–Kier alpha value is -2.76. The Balaban J connectivity index is 2.03. The van der Waals surface area contributed by atoms with Gasteiger partial charge >= 0.3 is 0 Å². The van der Waals surface area contributed by atoms with Gasteiger partial charge in [0.15, 0.2) is 5.78 Å². The van der Waals surface area contributed by atoms with E-state index in [1.165, 1.54) is 0 Å². The molecule has 1 unspecified atom stereocenters. The van der Waals surface area contributed by atoms with Gasteiger partial charge in [0.25, 0.3) is 0 Å². The molecule has 0 spiro atoms. The number of rotatable bonds is 3. The topological polar surface area (TPSA) is 98.0 Å². The molecular formula is C16H16N4O2. The second-order valence-electron chi connectivity index (χ2n) is 5.37. The number of Topliss-reactive ketones (excluding diaryl/α,β-unsaturated/α-hetero) is 1. The van der Waals surface area contributed by atoms with Gasteiger partial charge in [-0.15, -0.1) is 0 Å². The summed E-state index contributed by atoms with van der Waals surface area (Å²) in [6.07, 6.45) is 1.62. The van der Waals surface area contributed by atoms with Crippen LogP contribution in [0.25, 0.3) is 0 Å². The van der Waals surface area contributed by atoms with Gasteiger partial charge in [-0.2, -0.15) is 0 Å². The summed E-state index contributed by atoms with van der Waals surface area (Å²) in [6.45, 7) is 1.77. The number of para-hydroxylation sites is 1. The molecule has 112 valence electrons. The Kier molecular flexibility index (Phi) is 3.58. The van der Waals surface area contributed by atoms with Crippen molar-refractivity contribution in [3.63, 3.8) is 0 Å². The third kappa shape index (κ3) is 2.43. The van der Waals surface area contributed by atoms with Crippen LogP contribution in [0.15, 0.2) is 24.3 Å². The van der Waals surface area contributed by atoms with E-state index in [0.717, 1.165) is 11.3 Å². The van der Waals surface area contributed by atoms with Crippen LogP contribution in [0.4, 0.5) is 11.6 Å². The normalized spacial score (nSPS) is 17.0. The molecule has 0 fully saturated rings. The van der Waals surface area contributed by atoms with Crippen LogP contribution in [0, 0.1) is 6.92 Å². The van der Waals surface area contributed by atoms with Crippen molar-refractivity contribution in [1.29, 1.82) is 0 Å². The van der Waals surface area contributed by atoms with Gasteiger partial charge in [-0.25, -0.2) is 9.97 Å². The Morgan fingerprint density at radius 1 is 1.27 bits per heavy atom. The molecule has 2 aromatic rings. The van der Waals surface area contributed by atoms with Crippen molar-refractivity contribution < 1.29 is 9.59 Å². The zero-order valence-electron chi connectivity index (χ0n) is 12.2. The number of benzene rings is 1. The molecule has 1 aromatic carbocycles. The highest BCUT2D eigenvalue weighted by atomic mass is 16.1. The number of aryl methyl sites for hydroxylation is 1. The molecular weight excluding hydrogens is 280 g/mol. The Labute approximate surface area is 127 Å². The van der Waals surface area contributed by atoms with Gasteiger partial charge in [0.2, 0.25) is 12.4 Å². The lowest BCUT2D eigenvalue weighted by atomic mass is 9.80. The molecule has 3 N–H and O–H groups in total. The smallest absolute Gasteiger partial charge is 0.220 e. The molecule has 1 amide bonds. The molecule has 1 aliphatic rings. The summed E-state index contributed by atoms with van der Waals surface area (Å²) >= 11 is 0. The van der Waals surface area contributed by atoms with Crippen molar-refractivity contribution in [2.75, 3.05) is 11.1 Å². The monoisotopic (exact) mass is 296 g/mol. The van der Waals surface area contributed by atoms with Gasteiger partial charge in [0.1, 0.15) is 0 Å². The van der Waals surface area contributed by atoms with Crippen molar-refractivity contribution in [1.82, 2.24) is 9.97 Å². The van der Waals surface area contributed by atoms with Gasteiger partial charge < -0.3 is 11.1 Å². The maximum absolute atomic E-state index is 12.5. The minimum atomic E-state index is -0.0302. The summed E-state index contributed by atoms with van der Waals surface area (Å²) in [5.74, 6) is 0.172. The number of fused-ring (bicyclic) bond motifs is 1. The van der Waals surface area contributed by atoms with E-state index >= 15 is 0 Å². The van der Waals surface area contributed by atoms with E-state index in [1.807, 2.05) is 24.3 Å². The van der Waals surface area contributed by atoms with Crippen LogP contribution in [0.3, 0.4) is 0 Å². The summed E-state index contributed by atoms with van der Waals surface area (Å²) in [6, 6.07) is 7.48. The minimum Gasteiger partial charge on any atom is -0.368 e. The highest BCUT2D eigenvalue weighted by Crippen LogP contribution is 2.36. The Morgan fingerprint density at radius 3 is 2.82 bits per heavy atom. The van der Waals surface area contributed by atoms with Gasteiger partial charge in [-0.3, -0.25) is 9.59 Å². The number of nitrogen functional groups attached to an aromatic ring is 1. The number of carbonyl (C=O) groups excluding carboxylic acids is 2. The van der Waals surface area contributed by atoms with E-state index in [-0.39, 0.29) is 17.6 Å². The van der Waals surface area contributed by atoms with Crippen molar-refractivity contribution in [2.24, 2.45) is 0 Å². The summed E-state index contributed by atoms with van der Waals surface area (Å²) < 4.78 is 0. The van der Waals surface area contributed by atoms with E-state index in [4.69, 9.17) is 5.73 Å². The van der Waals surface area contributed by atoms with E-state index in [1.54, 1.807) is 6.92 Å². The largest absolute Gasteiger partial charge is 0.368 e. The number of amides is 1. The van der Waals surface area contributed by atoms with Gasteiger partial charge in [0.05, 0.1) is 17.0 Å². The van der Waals surface area contributed by atoms with Crippen LogP contribution in [0.1, 0.15) is 39.6 Å². The fraction of sp³-hybridized carbons (Fsp3) is 0.250. The summed E-state index contributed by atoms with van der Waals surface area (Å²) in [5, 5.41) is 2.69. The van der Waals surface area contributed by atoms with Gasteiger partial charge in [0, 0.05) is 12.1 Å². The van der Waals surface area contributed by atoms with E-state index < -0.39 is 0 Å². The number of nitrogens with two attached hydrogens (primary N) is 1. The molecule has 1 aromatic heterocycles. The van der Waals surface area contributed by atoms with Crippen molar-refractivity contribution >= 4 is 23.8 Å².